The molecular weight excluding hydrogens is 455 g/mol. The molecule has 0 aromatic heterocycles. The average Bonchev–Trinajstić information content (AvgIpc) is 2.73. The predicted octanol–water partition coefficient (Wildman–Crippen LogP) is 1.84. The molecule has 3 aromatic carbocycles. The van der Waals surface area contributed by atoms with Crippen molar-refractivity contribution < 1.29 is 40.8 Å². The quantitative estimate of drug-likeness (QED) is 0.191. The third-order valence-corrected chi connectivity index (χ3v) is 5.03. The summed E-state index contributed by atoms with van der Waals surface area (Å²) < 4.78 is 78.5. The summed E-state index contributed by atoms with van der Waals surface area (Å²) in [6.45, 7) is 0. The second kappa shape index (κ2) is 9.38. The maximum atomic E-state index is 14.5. The van der Waals surface area contributed by atoms with E-state index in [-0.39, 0.29) is 16.7 Å². The fourth-order valence-corrected chi connectivity index (χ4v) is 3.43. The lowest BCUT2D eigenvalue weighted by Crippen LogP contribution is -2.30. The van der Waals surface area contributed by atoms with Crippen molar-refractivity contribution in [1.82, 2.24) is 0 Å². The van der Waals surface area contributed by atoms with Crippen LogP contribution in [0.25, 0.3) is 0 Å². The number of thiol groups is 1. The zero-order chi connectivity index (χ0) is 23.6. The van der Waals surface area contributed by atoms with Gasteiger partial charge in [-0.2, -0.15) is 0 Å². The summed E-state index contributed by atoms with van der Waals surface area (Å²) in [7, 11) is -5.42. The summed E-state index contributed by atoms with van der Waals surface area (Å²) in [5, 5.41) is 20.7. The zero-order valence-corrected chi connectivity index (χ0v) is 16.7. The lowest BCUT2D eigenvalue weighted by molar-refractivity contribution is 0.102. The highest BCUT2D eigenvalue weighted by atomic mass is 32.2. The van der Waals surface area contributed by atoms with Gasteiger partial charge in [-0.15, -0.1) is 0 Å². The highest BCUT2D eigenvalue weighted by Crippen LogP contribution is 2.29. The molecular formula is C19H13BF4N2O5S. The van der Waals surface area contributed by atoms with Gasteiger partial charge in [0.25, 0.3) is 5.91 Å². The van der Waals surface area contributed by atoms with Gasteiger partial charge in [0.05, 0.1) is 11.4 Å². The van der Waals surface area contributed by atoms with Crippen LogP contribution in [0, 0.1) is 23.3 Å². The van der Waals surface area contributed by atoms with Gasteiger partial charge in [-0.1, -0.05) is 12.1 Å². The molecule has 0 aliphatic rings. The number of amides is 1. The normalized spacial score (nSPS) is 10.8. The van der Waals surface area contributed by atoms with Crippen LogP contribution in [0.3, 0.4) is 0 Å². The molecule has 0 atom stereocenters. The van der Waals surface area contributed by atoms with E-state index < -0.39 is 58.6 Å². The van der Waals surface area contributed by atoms with Crippen LogP contribution in [0.15, 0.2) is 54.6 Å². The van der Waals surface area contributed by atoms with E-state index in [0.717, 1.165) is 24.3 Å². The summed E-state index contributed by atoms with van der Waals surface area (Å²) in [4.78, 5) is 12.4. The van der Waals surface area contributed by atoms with E-state index in [1.807, 2.05) is 0 Å². The molecule has 166 valence electrons. The Bertz CT molecular complexity index is 1240. The predicted molar refractivity (Wildman–Crippen MR) is 109 cm³/mol. The van der Waals surface area contributed by atoms with Crippen molar-refractivity contribution in [2.24, 2.45) is 0 Å². The number of halogens is 4. The third-order valence-electron chi connectivity index (χ3n) is 4.25. The first-order valence-electron chi connectivity index (χ1n) is 8.74. The van der Waals surface area contributed by atoms with Gasteiger partial charge in [0.2, 0.25) is 10.9 Å². The van der Waals surface area contributed by atoms with Gasteiger partial charge in [-0.05, 0) is 35.8 Å². The van der Waals surface area contributed by atoms with Crippen LogP contribution in [0.2, 0.25) is 0 Å². The molecule has 13 heteroatoms. The number of benzene rings is 3. The van der Waals surface area contributed by atoms with E-state index in [1.165, 1.54) is 18.2 Å². The molecule has 1 amide bonds. The minimum atomic E-state index is -3.50. The van der Waals surface area contributed by atoms with Crippen molar-refractivity contribution in [2.45, 2.75) is 0 Å². The number of anilines is 3. The van der Waals surface area contributed by atoms with Gasteiger partial charge in [0.1, 0.15) is 5.82 Å². The first-order chi connectivity index (χ1) is 15.1. The summed E-state index contributed by atoms with van der Waals surface area (Å²) in [6.07, 6.45) is 0. The molecule has 0 heterocycles. The molecule has 0 aliphatic heterocycles. The molecule has 3 aromatic rings. The molecule has 0 unspecified atom stereocenters. The van der Waals surface area contributed by atoms with Crippen molar-refractivity contribution in [3.63, 3.8) is 0 Å². The summed E-state index contributed by atoms with van der Waals surface area (Å²) in [5.41, 5.74) is -1.50. The lowest BCUT2D eigenvalue weighted by atomic mass is 9.80. The van der Waals surface area contributed by atoms with Crippen LogP contribution in [0.4, 0.5) is 34.6 Å². The Balaban J connectivity index is 2.00. The molecule has 0 aliphatic carbocycles. The number of carbonyl (C=O) groups is 1. The fraction of sp³-hybridized carbons (Fsp3) is 0. The first kappa shape index (κ1) is 23.3. The smallest absolute Gasteiger partial charge is 0.423 e. The lowest BCUT2D eigenvalue weighted by Gasteiger charge is -2.20. The van der Waals surface area contributed by atoms with Crippen LogP contribution in [0.1, 0.15) is 10.4 Å². The summed E-state index contributed by atoms with van der Waals surface area (Å²) in [6, 6.07) is 8.68. The van der Waals surface area contributed by atoms with Gasteiger partial charge in [-0.3, -0.25) is 4.79 Å². The van der Waals surface area contributed by atoms with Gasteiger partial charge < -0.3 is 15.4 Å². The van der Waals surface area contributed by atoms with Crippen LogP contribution >= 0.6 is 0 Å². The maximum absolute atomic E-state index is 14.5. The Kier molecular flexibility index (Phi) is 6.82. The standard InChI is InChI=1S/C19H13BF4N2O5S/c21-14-5-4-10(19(27)25-12-8-15(22)18(24)16(23)9-12)6-17(14)26(32(30)31)13-3-1-2-11(7-13)20(28)29/h1-9,28-29,32H,(H,25,27). The van der Waals surface area contributed by atoms with Crippen molar-refractivity contribution >= 4 is 46.4 Å². The SMILES string of the molecule is O=C(Nc1cc(F)c(F)c(F)c1)c1ccc(F)c(N(c2cccc(B(O)O)c2)[SH](=O)=O)c1. The van der Waals surface area contributed by atoms with E-state index in [2.05, 4.69) is 5.32 Å². The highest BCUT2D eigenvalue weighted by molar-refractivity contribution is 7.74. The Morgan fingerprint density at radius 1 is 0.906 bits per heavy atom. The Morgan fingerprint density at radius 3 is 2.16 bits per heavy atom. The van der Waals surface area contributed by atoms with Crippen molar-refractivity contribution in [2.75, 3.05) is 9.62 Å². The van der Waals surface area contributed by atoms with Crippen molar-refractivity contribution in [1.29, 1.82) is 0 Å². The monoisotopic (exact) mass is 468 g/mol. The van der Waals surface area contributed by atoms with Gasteiger partial charge in [-0.25, -0.2) is 30.3 Å². The second-order valence-electron chi connectivity index (χ2n) is 6.39. The molecule has 0 fully saturated rings. The fourth-order valence-electron chi connectivity index (χ4n) is 2.79. The highest BCUT2D eigenvalue weighted by Gasteiger charge is 2.21. The van der Waals surface area contributed by atoms with E-state index in [0.29, 0.717) is 16.4 Å². The maximum Gasteiger partial charge on any atom is 0.488 e. The number of hydrogen-bond donors (Lipinski definition) is 4. The molecule has 3 rings (SSSR count). The summed E-state index contributed by atoms with van der Waals surface area (Å²) in [5.74, 6) is -6.83. The van der Waals surface area contributed by atoms with Gasteiger partial charge >= 0.3 is 7.12 Å². The number of rotatable bonds is 6. The van der Waals surface area contributed by atoms with Gasteiger partial charge in [0.15, 0.2) is 17.5 Å². The molecule has 0 bridgehead atoms. The molecule has 0 saturated heterocycles. The van der Waals surface area contributed by atoms with Crippen LogP contribution < -0.4 is 15.1 Å². The van der Waals surface area contributed by atoms with E-state index in [4.69, 9.17) is 0 Å². The van der Waals surface area contributed by atoms with E-state index >= 15 is 0 Å². The molecule has 0 spiro atoms. The van der Waals surface area contributed by atoms with Crippen LogP contribution in [0.5, 0.6) is 0 Å². The largest absolute Gasteiger partial charge is 0.488 e. The molecule has 0 radical (unpaired) electrons. The average molecular weight is 468 g/mol. The third kappa shape index (κ3) is 4.90. The topological polar surface area (TPSA) is 107 Å². The number of nitrogens with one attached hydrogen (secondary N) is 1. The number of hydrogen-bond acceptors (Lipinski definition) is 5. The second-order valence-corrected chi connectivity index (χ2v) is 7.27. The molecule has 7 nitrogen and oxygen atoms in total. The van der Waals surface area contributed by atoms with Crippen LogP contribution in [-0.2, 0) is 10.9 Å². The molecule has 32 heavy (non-hydrogen) atoms. The molecule has 0 saturated carbocycles. The summed E-state index contributed by atoms with van der Waals surface area (Å²) >= 11 is 0. The Morgan fingerprint density at radius 2 is 1.56 bits per heavy atom. The minimum Gasteiger partial charge on any atom is -0.423 e. The Labute approximate surface area is 180 Å². The number of carbonyl (C=O) groups excluding carboxylic acids is 1. The molecule has 3 N–H and O–H groups in total. The van der Waals surface area contributed by atoms with E-state index in [9.17, 15) is 40.8 Å². The first-order valence-corrected chi connectivity index (χ1v) is 9.87. The Hall–Kier alpha value is -3.42. The van der Waals surface area contributed by atoms with Crippen LogP contribution in [-0.4, -0.2) is 31.5 Å². The zero-order valence-electron chi connectivity index (χ0n) is 15.8. The van der Waals surface area contributed by atoms with Gasteiger partial charge in [0, 0.05) is 23.4 Å². The minimum absolute atomic E-state index is 0.0704. The van der Waals surface area contributed by atoms with Crippen molar-refractivity contribution in [3.8, 4) is 0 Å². The van der Waals surface area contributed by atoms with E-state index in [1.54, 1.807) is 0 Å². The number of nitrogens with zero attached hydrogens (tertiary/aromatic N) is 1. The van der Waals surface area contributed by atoms with Crippen molar-refractivity contribution in [3.05, 3.63) is 83.4 Å².